The van der Waals surface area contributed by atoms with Gasteiger partial charge >= 0.3 is 0 Å². The van der Waals surface area contributed by atoms with E-state index in [9.17, 15) is 0 Å². The number of halogens is 1. The second-order valence-electron chi connectivity index (χ2n) is 12.1. The van der Waals surface area contributed by atoms with Crippen LogP contribution < -0.4 is 5.73 Å². The monoisotopic (exact) mass is 795 g/mol. The van der Waals surface area contributed by atoms with Gasteiger partial charge in [0, 0.05) is 26.5 Å². The molecule has 4 nitrogen and oxygen atoms in total. The fraction of sp³-hybridized carbons (Fsp3) is 0.0392. The van der Waals surface area contributed by atoms with Gasteiger partial charge in [0.2, 0.25) is 5.89 Å². The lowest BCUT2D eigenvalue weighted by Crippen LogP contribution is -1.93. The Morgan fingerprint density at radius 1 is 0.554 bits per heavy atom. The van der Waals surface area contributed by atoms with E-state index in [1.807, 2.05) is 25.1 Å². The maximum absolute atomic E-state index is 6.08. The Kier molecular flexibility index (Phi) is 14.3. The molecule has 7 aromatic carbocycles. The highest BCUT2D eigenvalue weighted by atomic mass is 79.9. The number of rotatable bonds is 5. The first-order chi connectivity index (χ1) is 27.6. The zero-order valence-electron chi connectivity index (χ0n) is 32.0. The summed E-state index contributed by atoms with van der Waals surface area (Å²) in [5.41, 5.74) is 17.7. The number of para-hydroxylation sites is 2. The van der Waals surface area contributed by atoms with Crippen molar-refractivity contribution < 1.29 is 4.42 Å². The van der Waals surface area contributed by atoms with Gasteiger partial charge in [-0.05, 0) is 108 Å². The third-order valence-corrected chi connectivity index (χ3v) is 9.43. The second-order valence-corrected chi connectivity index (χ2v) is 13.0. The Labute approximate surface area is 338 Å². The van der Waals surface area contributed by atoms with Gasteiger partial charge in [-0.15, -0.1) is 32.9 Å². The number of allylic oxidation sites excluding steroid dienone is 1. The Morgan fingerprint density at radius 3 is 1.70 bits per heavy atom. The zero-order chi connectivity index (χ0) is 40.0. The predicted octanol–water partition coefficient (Wildman–Crippen LogP) is 14.7. The van der Waals surface area contributed by atoms with Gasteiger partial charge in [0.15, 0.2) is 5.58 Å². The molecule has 9 rings (SSSR count). The minimum Gasteiger partial charge on any atom is -0.436 e. The lowest BCUT2D eigenvalue weighted by molar-refractivity contribution is 0.619. The molecule has 2 aromatic heterocycles. The largest absolute Gasteiger partial charge is 0.436 e. The van der Waals surface area contributed by atoms with Crippen molar-refractivity contribution in [2.75, 3.05) is 7.05 Å². The lowest BCUT2D eigenvalue weighted by atomic mass is 9.89. The van der Waals surface area contributed by atoms with Crippen LogP contribution in [-0.2, 0) is 0 Å². The van der Waals surface area contributed by atoms with Crippen molar-refractivity contribution in [3.8, 4) is 50.5 Å². The number of fused-ring (bicyclic) bond motifs is 4. The average molecular weight is 797 g/mol. The van der Waals surface area contributed by atoms with E-state index in [0.717, 1.165) is 32.4 Å². The summed E-state index contributed by atoms with van der Waals surface area (Å²) < 4.78 is 9.41. The van der Waals surface area contributed by atoms with E-state index in [-0.39, 0.29) is 0 Å². The molecule has 0 saturated heterocycles. The van der Waals surface area contributed by atoms with Crippen LogP contribution in [0, 0.1) is 0 Å². The number of aromatic nitrogens is 2. The quantitative estimate of drug-likeness (QED) is 0.177. The smallest absolute Gasteiger partial charge is 0.227 e. The summed E-state index contributed by atoms with van der Waals surface area (Å²) in [7, 11) is 1.50. The maximum Gasteiger partial charge on any atom is 0.227 e. The van der Waals surface area contributed by atoms with Gasteiger partial charge in [-0.1, -0.05) is 125 Å². The number of oxazole rings is 1. The Morgan fingerprint density at radius 2 is 1.05 bits per heavy atom. The first kappa shape index (κ1) is 40.7. The summed E-state index contributed by atoms with van der Waals surface area (Å²) in [6.45, 7) is 17.2. The molecule has 0 radical (unpaired) electrons. The van der Waals surface area contributed by atoms with Gasteiger partial charge < -0.3 is 14.7 Å². The maximum atomic E-state index is 6.08. The molecule has 0 aliphatic rings. The third kappa shape index (κ3) is 8.40. The van der Waals surface area contributed by atoms with Crippen LogP contribution in [0.5, 0.6) is 0 Å². The fourth-order valence-corrected chi connectivity index (χ4v) is 7.09. The minimum absolute atomic E-state index is 0.618. The summed E-state index contributed by atoms with van der Waals surface area (Å²) in [5, 5.41) is 2.49. The van der Waals surface area contributed by atoms with Gasteiger partial charge in [-0.3, -0.25) is 0 Å². The number of nitrogens with two attached hydrogens (primary N) is 1. The standard InChI is InChI=1S/C43H27BrN2O.C3H6.2C2H4.CH5N/c44-31-23-24-39-42(27-31)47-43(45-39)29-20-18-28(19-21-29)33-12-4-6-14-35(33)36-15-7-5-13-34(36)30-22-25-41-38(26-30)37-16-8-9-17-40(37)46(41)32-10-2-1-3-11-32;1-3-2;3*1-2/h1-27H;3H,1H2,2H3;2*1-2H2;2H2,1H3. The van der Waals surface area contributed by atoms with E-state index < -0.39 is 0 Å². The normalized spacial score (nSPS) is 10.1. The van der Waals surface area contributed by atoms with Crippen LogP contribution in [0.4, 0.5) is 0 Å². The minimum atomic E-state index is 0.618. The summed E-state index contributed by atoms with van der Waals surface area (Å²) >= 11 is 3.52. The van der Waals surface area contributed by atoms with E-state index in [0.29, 0.717) is 5.89 Å². The predicted molar refractivity (Wildman–Crippen MR) is 246 cm³/mol. The first-order valence-electron chi connectivity index (χ1n) is 18.2. The Balaban J connectivity index is 0.000000620. The fourth-order valence-electron chi connectivity index (χ4n) is 6.75. The molecule has 0 unspecified atom stereocenters. The molecule has 5 heteroatoms. The molecule has 0 atom stereocenters. The van der Waals surface area contributed by atoms with Crippen molar-refractivity contribution >= 4 is 48.8 Å². The van der Waals surface area contributed by atoms with Gasteiger partial charge in [0.1, 0.15) is 5.52 Å². The van der Waals surface area contributed by atoms with Crippen LogP contribution in [0.2, 0.25) is 0 Å². The Hall–Kier alpha value is -6.53. The van der Waals surface area contributed by atoms with E-state index >= 15 is 0 Å². The second kappa shape index (κ2) is 19.7. The van der Waals surface area contributed by atoms with Crippen LogP contribution in [-0.4, -0.2) is 16.6 Å². The van der Waals surface area contributed by atoms with Crippen molar-refractivity contribution in [2.24, 2.45) is 5.73 Å². The van der Waals surface area contributed by atoms with Crippen molar-refractivity contribution in [2.45, 2.75) is 6.92 Å². The van der Waals surface area contributed by atoms with Crippen LogP contribution in [0.25, 0.3) is 83.4 Å². The molecule has 0 amide bonds. The van der Waals surface area contributed by atoms with Crippen molar-refractivity contribution in [1.29, 1.82) is 0 Å². The van der Waals surface area contributed by atoms with Gasteiger partial charge in [-0.25, -0.2) is 4.98 Å². The molecule has 0 aliphatic heterocycles. The first-order valence-corrected chi connectivity index (χ1v) is 19.0. The molecular weight excluding hydrogens is 750 g/mol. The molecule has 0 fully saturated rings. The summed E-state index contributed by atoms with van der Waals surface area (Å²) in [4.78, 5) is 4.71. The molecule has 0 saturated carbocycles. The topological polar surface area (TPSA) is 57.0 Å². The molecule has 278 valence electrons. The highest BCUT2D eigenvalue weighted by Crippen LogP contribution is 2.41. The molecule has 2 heterocycles. The van der Waals surface area contributed by atoms with Crippen LogP contribution in [0.1, 0.15) is 6.92 Å². The van der Waals surface area contributed by atoms with Crippen LogP contribution in [0.15, 0.2) is 212 Å². The molecule has 0 bridgehead atoms. The van der Waals surface area contributed by atoms with Crippen molar-refractivity contribution in [3.05, 3.63) is 207 Å². The van der Waals surface area contributed by atoms with E-state index in [4.69, 9.17) is 9.40 Å². The van der Waals surface area contributed by atoms with E-state index in [1.54, 1.807) is 6.08 Å². The van der Waals surface area contributed by atoms with Gasteiger partial charge in [0.25, 0.3) is 0 Å². The summed E-state index contributed by atoms with van der Waals surface area (Å²) in [6.07, 6.45) is 1.75. The lowest BCUT2D eigenvalue weighted by Gasteiger charge is -2.15. The van der Waals surface area contributed by atoms with E-state index in [1.165, 1.54) is 56.7 Å². The number of benzene rings is 7. The number of hydrogen-bond acceptors (Lipinski definition) is 3. The number of nitrogens with zero attached hydrogens (tertiary/aromatic N) is 2. The number of hydrogen-bond donors (Lipinski definition) is 1. The highest BCUT2D eigenvalue weighted by Gasteiger charge is 2.17. The molecule has 0 aliphatic carbocycles. The average Bonchev–Trinajstić information content (AvgIpc) is 3.85. The summed E-state index contributed by atoms with van der Waals surface area (Å²) in [6, 6.07) is 57.9. The SMILES string of the molecule is Brc1ccc2nc(-c3ccc(-c4ccccc4-c4ccccc4-c4ccc5c(c4)c4ccccc4n5-c4ccccc4)cc3)oc2c1.C=C.C=C.C=CC.CN. The zero-order valence-corrected chi connectivity index (χ0v) is 33.5. The molecule has 0 spiro atoms. The third-order valence-electron chi connectivity index (χ3n) is 8.94. The highest BCUT2D eigenvalue weighted by molar-refractivity contribution is 9.10. The molecule has 2 N–H and O–H groups in total. The Bertz CT molecular complexity index is 2670. The molecule has 9 aromatic rings. The van der Waals surface area contributed by atoms with Gasteiger partial charge in [-0.2, -0.15) is 0 Å². The summed E-state index contributed by atoms with van der Waals surface area (Å²) in [5.74, 6) is 0.618. The molecule has 56 heavy (non-hydrogen) atoms. The van der Waals surface area contributed by atoms with Crippen LogP contribution in [0.3, 0.4) is 0 Å². The molecular formula is C51H46BrN3O. The van der Waals surface area contributed by atoms with Crippen molar-refractivity contribution in [3.63, 3.8) is 0 Å². The van der Waals surface area contributed by atoms with E-state index in [2.05, 4.69) is 205 Å². The van der Waals surface area contributed by atoms with Crippen molar-refractivity contribution in [1.82, 2.24) is 9.55 Å². The van der Waals surface area contributed by atoms with Gasteiger partial charge in [0.05, 0.1) is 11.0 Å². The van der Waals surface area contributed by atoms with Crippen LogP contribution >= 0.6 is 15.9 Å².